The summed E-state index contributed by atoms with van der Waals surface area (Å²) in [6.07, 6.45) is 0. The monoisotopic (exact) mass is 426 g/mol. The van der Waals surface area contributed by atoms with Gasteiger partial charge in [-0.05, 0) is 54.6 Å². The van der Waals surface area contributed by atoms with E-state index < -0.39 is 10.0 Å². The van der Waals surface area contributed by atoms with Crippen LogP contribution in [0, 0.1) is 13.8 Å². The van der Waals surface area contributed by atoms with Crippen LogP contribution in [0.5, 0.6) is 0 Å². The van der Waals surface area contributed by atoms with E-state index in [9.17, 15) is 13.2 Å². The van der Waals surface area contributed by atoms with Crippen LogP contribution in [-0.2, 0) is 14.8 Å². The molecule has 4 rings (SSSR count). The zero-order valence-electron chi connectivity index (χ0n) is 16.3. The summed E-state index contributed by atoms with van der Waals surface area (Å²) in [5.74, 6) is 0.413. The average Bonchev–Trinajstić information content (AvgIpc) is 2.91. The maximum absolute atomic E-state index is 12.9. The summed E-state index contributed by atoms with van der Waals surface area (Å²) in [7, 11) is -3.71. The van der Waals surface area contributed by atoms with Crippen LogP contribution in [0.3, 0.4) is 0 Å². The SMILES string of the molecule is Cc1ccc(SCCNC(=O)CN2c3cccc4cccc(c34)S2(=O)=O)cc1C. The average molecular weight is 427 g/mol. The van der Waals surface area contributed by atoms with Crippen molar-refractivity contribution in [3.05, 3.63) is 65.7 Å². The summed E-state index contributed by atoms with van der Waals surface area (Å²) in [5, 5.41) is 4.38. The molecule has 3 aromatic rings. The molecular weight excluding hydrogens is 404 g/mol. The van der Waals surface area contributed by atoms with Crippen molar-refractivity contribution in [1.29, 1.82) is 0 Å². The van der Waals surface area contributed by atoms with E-state index in [0.29, 0.717) is 17.6 Å². The normalized spacial score (nSPS) is 14.3. The second-order valence-electron chi connectivity index (χ2n) is 7.09. The minimum Gasteiger partial charge on any atom is -0.354 e. The summed E-state index contributed by atoms with van der Waals surface area (Å²) in [6.45, 7) is 4.41. The van der Waals surface area contributed by atoms with E-state index in [4.69, 9.17) is 0 Å². The van der Waals surface area contributed by atoms with Gasteiger partial charge in [-0.3, -0.25) is 9.10 Å². The molecule has 0 unspecified atom stereocenters. The van der Waals surface area contributed by atoms with Crippen molar-refractivity contribution in [3.63, 3.8) is 0 Å². The maximum atomic E-state index is 12.9. The molecule has 1 aliphatic heterocycles. The Morgan fingerprint density at radius 2 is 1.79 bits per heavy atom. The largest absolute Gasteiger partial charge is 0.354 e. The Balaban J connectivity index is 1.39. The Kier molecular flexibility index (Phi) is 5.27. The van der Waals surface area contributed by atoms with Gasteiger partial charge in [0.1, 0.15) is 6.54 Å². The molecule has 0 saturated carbocycles. The van der Waals surface area contributed by atoms with Crippen LogP contribution in [0.4, 0.5) is 5.69 Å². The zero-order chi connectivity index (χ0) is 20.6. The number of benzene rings is 3. The van der Waals surface area contributed by atoms with E-state index in [-0.39, 0.29) is 17.3 Å². The molecule has 5 nitrogen and oxygen atoms in total. The highest BCUT2D eigenvalue weighted by atomic mass is 32.2. The number of carbonyl (C=O) groups excluding carboxylic acids is 1. The minimum absolute atomic E-state index is 0.218. The summed E-state index contributed by atoms with van der Waals surface area (Å²) in [5.41, 5.74) is 3.07. The standard InChI is InChI=1S/C22H22N2O3S2/c1-15-9-10-18(13-16(15)2)28-12-11-23-21(25)14-24-19-7-3-5-17-6-4-8-20(22(17)19)29(24,26)27/h3-10,13H,11-12,14H2,1-2H3,(H,23,25). The van der Waals surface area contributed by atoms with Gasteiger partial charge in [0.15, 0.2) is 0 Å². The molecule has 1 N–H and O–H groups in total. The highest BCUT2D eigenvalue weighted by Gasteiger charge is 2.36. The lowest BCUT2D eigenvalue weighted by Crippen LogP contribution is -2.39. The molecule has 3 aromatic carbocycles. The Morgan fingerprint density at radius 3 is 2.55 bits per heavy atom. The topological polar surface area (TPSA) is 66.5 Å². The molecule has 150 valence electrons. The number of anilines is 1. The van der Waals surface area contributed by atoms with Gasteiger partial charge in [0.05, 0.1) is 10.6 Å². The van der Waals surface area contributed by atoms with Crippen LogP contribution in [-0.4, -0.2) is 33.2 Å². The number of nitrogens with zero attached hydrogens (tertiary/aromatic N) is 1. The van der Waals surface area contributed by atoms with Gasteiger partial charge in [-0.2, -0.15) is 0 Å². The first kappa shape index (κ1) is 19.8. The third kappa shape index (κ3) is 3.72. The van der Waals surface area contributed by atoms with Crippen molar-refractivity contribution in [3.8, 4) is 0 Å². The number of aryl methyl sites for hydroxylation is 2. The van der Waals surface area contributed by atoms with Crippen LogP contribution < -0.4 is 9.62 Å². The maximum Gasteiger partial charge on any atom is 0.265 e. The first-order chi connectivity index (χ1) is 13.9. The molecule has 0 aliphatic carbocycles. The number of hydrogen-bond acceptors (Lipinski definition) is 4. The Morgan fingerprint density at radius 1 is 1.03 bits per heavy atom. The number of hydrogen-bond donors (Lipinski definition) is 1. The van der Waals surface area contributed by atoms with E-state index >= 15 is 0 Å². The summed E-state index contributed by atoms with van der Waals surface area (Å²) in [6, 6.07) is 16.9. The van der Waals surface area contributed by atoms with Crippen LogP contribution in [0.15, 0.2) is 64.4 Å². The van der Waals surface area contributed by atoms with Gasteiger partial charge < -0.3 is 5.32 Å². The fourth-order valence-corrected chi connectivity index (χ4v) is 6.01. The Hall–Kier alpha value is -2.51. The number of carbonyl (C=O) groups is 1. The smallest absolute Gasteiger partial charge is 0.265 e. The van der Waals surface area contributed by atoms with Gasteiger partial charge in [0.25, 0.3) is 10.0 Å². The van der Waals surface area contributed by atoms with Gasteiger partial charge in [0.2, 0.25) is 5.91 Å². The van der Waals surface area contributed by atoms with Gasteiger partial charge in [-0.15, -0.1) is 11.8 Å². The van der Waals surface area contributed by atoms with Gasteiger partial charge in [0, 0.05) is 22.6 Å². The van der Waals surface area contributed by atoms with Crippen LogP contribution in [0.2, 0.25) is 0 Å². The summed E-state index contributed by atoms with van der Waals surface area (Å²) < 4.78 is 27.0. The molecule has 0 spiro atoms. The third-order valence-electron chi connectivity index (χ3n) is 5.14. The molecule has 0 atom stereocenters. The first-order valence-corrected chi connectivity index (χ1v) is 11.8. The van der Waals surface area contributed by atoms with Crippen LogP contribution in [0.1, 0.15) is 11.1 Å². The number of rotatable bonds is 6. The lowest BCUT2D eigenvalue weighted by molar-refractivity contribution is -0.119. The Bertz CT molecular complexity index is 1200. The van der Waals surface area contributed by atoms with E-state index in [2.05, 4.69) is 37.4 Å². The quantitative estimate of drug-likeness (QED) is 0.480. The lowest BCUT2D eigenvalue weighted by atomic mass is 10.1. The first-order valence-electron chi connectivity index (χ1n) is 9.39. The van der Waals surface area contributed by atoms with E-state index in [0.717, 1.165) is 16.0 Å². The number of sulfonamides is 1. The molecule has 29 heavy (non-hydrogen) atoms. The van der Waals surface area contributed by atoms with Crippen molar-refractivity contribution in [2.75, 3.05) is 23.1 Å². The van der Waals surface area contributed by atoms with Gasteiger partial charge >= 0.3 is 0 Å². The van der Waals surface area contributed by atoms with Crippen LogP contribution >= 0.6 is 11.8 Å². The molecule has 1 heterocycles. The van der Waals surface area contributed by atoms with Crippen molar-refractivity contribution >= 4 is 44.2 Å². The minimum atomic E-state index is -3.71. The third-order valence-corrected chi connectivity index (χ3v) is 7.94. The second-order valence-corrected chi connectivity index (χ2v) is 10.1. The molecule has 0 saturated heterocycles. The zero-order valence-corrected chi connectivity index (χ0v) is 17.9. The highest BCUT2D eigenvalue weighted by molar-refractivity contribution is 7.99. The van der Waals surface area contributed by atoms with Crippen molar-refractivity contribution in [2.24, 2.45) is 0 Å². The molecule has 0 radical (unpaired) electrons. The number of thioether (sulfide) groups is 1. The van der Waals surface area contributed by atoms with E-state index in [1.54, 1.807) is 30.0 Å². The predicted octanol–water partition coefficient (Wildman–Crippen LogP) is 3.87. The fourth-order valence-electron chi connectivity index (χ4n) is 3.48. The van der Waals surface area contributed by atoms with Gasteiger partial charge in [-0.25, -0.2) is 8.42 Å². The van der Waals surface area contributed by atoms with Crippen molar-refractivity contribution in [2.45, 2.75) is 23.6 Å². The van der Waals surface area contributed by atoms with E-state index in [1.165, 1.54) is 15.4 Å². The van der Waals surface area contributed by atoms with Crippen molar-refractivity contribution in [1.82, 2.24) is 5.32 Å². The highest BCUT2D eigenvalue weighted by Crippen LogP contribution is 2.41. The predicted molar refractivity (Wildman–Crippen MR) is 118 cm³/mol. The van der Waals surface area contributed by atoms with Crippen molar-refractivity contribution < 1.29 is 13.2 Å². The van der Waals surface area contributed by atoms with E-state index in [1.807, 2.05) is 18.2 Å². The second kappa shape index (κ2) is 7.72. The molecule has 0 bridgehead atoms. The fraction of sp³-hybridized carbons (Fsp3) is 0.227. The molecule has 0 aromatic heterocycles. The molecule has 1 amide bonds. The number of nitrogens with one attached hydrogen (secondary N) is 1. The van der Waals surface area contributed by atoms with Gasteiger partial charge in [-0.1, -0.05) is 30.3 Å². The summed E-state index contributed by atoms with van der Waals surface area (Å²) >= 11 is 1.67. The molecule has 0 fully saturated rings. The molecule has 1 aliphatic rings. The lowest BCUT2D eigenvalue weighted by Gasteiger charge is -2.18. The number of amides is 1. The molecular formula is C22H22N2O3S2. The van der Waals surface area contributed by atoms with Crippen LogP contribution in [0.25, 0.3) is 10.8 Å². The Labute approximate surface area is 175 Å². The molecule has 7 heteroatoms. The summed E-state index contributed by atoms with van der Waals surface area (Å²) in [4.78, 5) is 13.9.